The van der Waals surface area contributed by atoms with Crippen molar-refractivity contribution in [2.24, 2.45) is 0 Å². The molecule has 5 rings (SSSR count). The predicted octanol–water partition coefficient (Wildman–Crippen LogP) is 4.73. The van der Waals surface area contributed by atoms with E-state index in [0.717, 1.165) is 22.2 Å². The first kappa shape index (κ1) is 17.8. The summed E-state index contributed by atoms with van der Waals surface area (Å²) in [6, 6.07) is 24.7. The van der Waals surface area contributed by atoms with Gasteiger partial charge in [0.15, 0.2) is 5.82 Å². The van der Waals surface area contributed by atoms with Gasteiger partial charge in [-0.25, -0.2) is 14.6 Å². The number of pyridine rings is 2. The second kappa shape index (κ2) is 7.60. The van der Waals surface area contributed by atoms with Crippen LogP contribution in [0.4, 0.5) is 5.69 Å². The van der Waals surface area contributed by atoms with E-state index in [1.807, 2.05) is 72.8 Å². The molecule has 144 valence electrons. The Morgan fingerprint density at radius 1 is 0.867 bits per heavy atom. The fraction of sp³-hybridized carbons (Fsp3) is 0. The number of benzene rings is 2. The molecule has 2 aromatic carbocycles. The third kappa shape index (κ3) is 3.31. The minimum Gasteiger partial charge on any atom is -0.319 e. The summed E-state index contributed by atoms with van der Waals surface area (Å²) in [5.74, 6) is 0.324. The summed E-state index contributed by atoms with van der Waals surface area (Å²) in [6.07, 6.45) is 5.12. The van der Waals surface area contributed by atoms with Gasteiger partial charge in [-0.05, 0) is 30.3 Å². The van der Waals surface area contributed by atoms with E-state index in [1.54, 1.807) is 29.3 Å². The zero-order chi connectivity index (χ0) is 20.3. The minimum atomic E-state index is -0.229. The molecule has 6 heteroatoms. The summed E-state index contributed by atoms with van der Waals surface area (Å²) in [4.78, 5) is 22.5. The van der Waals surface area contributed by atoms with Crippen LogP contribution >= 0.6 is 0 Å². The van der Waals surface area contributed by atoms with Gasteiger partial charge in [-0.2, -0.15) is 5.10 Å². The number of carbonyl (C=O) groups excluding carboxylic acids is 1. The molecular weight excluding hydrogens is 374 g/mol. The van der Waals surface area contributed by atoms with Gasteiger partial charge in [-0.3, -0.25) is 4.79 Å². The normalized spacial score (nSPS) is 10.8. The summed E-state index contributed by atoms with van der Waals surface area (Å²) >= 11 is 0. The van der Waals surface area contributed by atoms with Crippen molar-refractivity contribution in [3.05, 3.63) is 103 Å². The van der Waals surface area contributed by atoms with E-state index in [9.17, 15) is 4.79 Å². The number of hydrogen-bond acceptors (Lipinski definition) is 4. The van der Waals surface area contributed by atoms with Crippen LogP contribution in [0.5, 0.6) is 0 Å². The smallest absolute Gasteiger partial charge is 0.256 e. The van der Waals surface area contributed by atoms with E-state index in [1.165, 1.54) is 0 Å². The molecule has 1 amide bonds. The molecule has 0 atom stereocenters. The highest BCUT2D eigenvalue weighted by Crippen LogP contribution is 2.26. The molecule has 0 aliphatic carbocycles. The van der Waals surface area contributed by atoms with E-state index >= 15 is 0 Å². The van der Waals surface area contributed by atoms with E-state index in [2.05, 4.69) is 15.4 Å². The number of anilines is 1. The van der Waals surface area contributed by atoms with E-state index in [4.69, 9.17) is 4.98 Å². The Kier molecular flexibility index (Phi) is 4.50. The lowest BCUT2D eigenvalue weighted by Crippen LogP contribution is -2.15. The van der Waals surface area contributed by atoms with Gasteiger partial charge in [0.05, 0.1) is 22.5 Å². The molecule has 0 fully saturated rings. The maximum absolute atomic E-state index is 13.3. The summed E-state index contributed by atoms with van der Waals surface area (Å²) < 4.78 is 1.62. The summed E-state index contributed by atoms with van der Waals surface area (Å²) in [5.41, 5.74) is 3.60. The maximum Gasteiger partial charge on any atom is 0.256 e. The lowest BCUT2D eigenvalue weighted by atomic mass is 10.0. The third-order valence-electron chi connectivity index (χ3n) is 4.79. The summed E-state index contributed by atoms with van der Waals surface area (Å²) in [7, 11) is 0. The molecule has 3 aromatic heterocycles. The van der Waals surface area contributed by atoms with Crippen LogP contribution in [0.1, 0.15) is 10.4 Å². The van der Waals surface area contributed by atoms with Gasteiger partial charge < -0.3 is 5.32 Å². The molecule has 0 bridgehead atoms. The van der Waals surface area contributed by atoms with E-state index in [-0.39, 0.29) is 5.91 Å². The number of nitrogens with zero attached hydrogens (tertiary/aromatic N) is 4. The number of para-hydroxylation sites is 1. The molecule has 3 heterocycles. The van der Waals surface area contributed by atoms with E-state index < -0.39 is 0 Å². The van der Waals surface area contributed by atoms with Crippen LogP contribution in [-0.4, -0.2) is 25.7 Å². The second-order valence-corrected chi connectivity index (χ2v) is 6.72. The zero-order valence-electron chi connectivity index (χ0n) is 15.9. The fourth-order valence-electron chi connectivity index (χ4n) is 3.38. The van der Waals surface area contributed by atoms with Gasteiger partial charge in [0, 0.05) is 29.5 Å². The second-order valence-electron chi connectivity index (χ2n) is 6.72. The number of rotatable bonds is 4. The molecule has 1 N–H and O–H groups in total. The zero-order valence-corrected chi connectivity index (χ0v) is 15.9. The highest BCUT2D eigenvalue weighted by atomic mass is 16.1. The first-order valence-corrected chi connectivity index (χ1v) is 9.51. The van der Waals surface area contributed by atoms with Crippen LogP contribution in [0.25, 0.3) is 28.0 Å². The van der Waals surface area contributed by atoms with Crippen LogP contribution in [0.3, 0.4) is 0 Å². The molecule has 30 heavy (non-hydrogen) atoms. The van der Waals surface area contributed by atoms with Crippen molar-refractivity contribution in [1.82, 2.24) is 19.7 Å². The van der Waals surface area contributed by atoms with Crippen molar-refractivity contribution in [2.45, 2.75) is 0 Å². The highest BCUT2D eigenvalue weighted by molar-refractivity contribution is 6.13. The van der Waals surface area contributed by atoms with Crippen molar-refractivity contribution in [2.75, 3.05) is 5.32 Å². The Morgan fingerprint density at radius 3 is 2.53 bits per heavy atom. The van der Waals surface area contributed by atoms with Gasteiger partial charge in [0.1, 0.15) is 0 Å². The van der Waals surface area contributed by atoms with Crippen molar-refractivity contribution in [3.63, 3.8) is 0 Å². The molecule has 0 spiro atoms. The molecule has 0 saturated heterocycles. The summed E-state index contributed by atoms with van der Waals surface area (Å²) in [5, 5.41) is 8.01. The molecule has 0 aliphatic heterocycles. The molecule has 6 nitrogen and oxygen atoms in total. The standard InChI is InChI=1S/C24H17N5O/c30-24(28-21-12-6-13-25-23(21)29-15-7-14-26-29)19-16-22(17-8-2-1-3-9-17)27-20-11-5-4-10-18(19)20/h1-16H,(H,28,30). The van der Waals surface area contributed by atoms with Gasteiger partial charge in [-0.15, -0.1) is 0 Å². The van der Waals surface area contributed by atoms with Crippen molar-refractivity contribution in [3.8, 4) is 17.1 Å². The maximum atomic E-state index is 13.3. The van der Waals surface area contributed by atoms with Gasteiger partial charge in [0.2, 0.25) is 0 Å². The Bertz CT molecular complexity index is 1330. The Morgan fingerprint density at radius 2 is 1.70 bits per heavy atom. The molecule has 0 radical (unpaired) electrons. The monoisotopic (exact) mass is 391 g/mol. The van der Waals surface area contributed by atoms with E-state index in [0.29, 0.717) is 17.1 Å². The minimum absolute atomic E-state index is 0.229. The largest absolute Gasteiger partial charge is 0.319 e. The average Bonchev–Trinajstić information content (AvgIpc) is 3.34. The predicted molar refractivity (Wildman–Crippen MR) is 116 cm³/mol. The van der Waals surface area contributed by atoms with Crippen LogP contribution in [-0.2, 0) is 0 Å². The Hall–Kier alpha value is -4.32. The molecule has 0 aliphatic rings. The van der Waals surface area contributed by atoms with Crippen LogP contribution in [0.2, 0.25) is 0 Å². The quantitative estimate of drug-likeness (QED) is 0.480. The van der Waals surface area contributed by atoms with Crippen molar-refractivity contribution < 1.29 is 4.79 Å². The first-order valence-electron chi connectivity index (χ1n) is 9.51. The van der Waals surface area contributed by atoms with Crippen molar-refractivity contribution in [1.29, 1.82) is 0 Å². The number of hydrogen-bond donors (Lipinski definition) is 1. The number of fused-ring (bicyclic) bond motifs is 1. The molecule has 5 aromatic rings. The SMILES string of the molecule is O=C(Nc1cccnc1-n1cccn1)c1cc(-c2ccccc2)nc2ccccc12. The van der Waals surface area contributed by atoms with Gasteiger partial charge >= 0.3 is 0 Å². The number of nitrogens with one attached hydrogen (secondary N) is 1. The van der Waals surface area contributed by atoms with Crippen LogP contribution in [0.15, 0.2) is 97.5 Å². The Labute approximate surface area is 172 Å². The lowest BCUT2D eigenvalue weighted by molar-refractivity contribution is 0.102. The number of amides is 1. The van der Waals surface area contributed by atoms with Gasteiger partial charge in [0.25, 0.3) is 5.91 Å². The molecular formula is C24H17N5O. The third-order valence-corrected chi connectivity index (χ3v) is 4.79. The first-order chi connectivity index (χ1) is 14.8. The Balaban J connectivity index is 1.59. The van der Waals surface area contributed by atoms with Crippen molar-refractivity contribution >= 4 is 22.5 Å². The highest BCUT2D eigenvalue weighted by Gasteiger charge is 2.16. The van der Waals surface area contributed by atoms with Gasteiger partial charge in [-0.1, -0.05) is 48.5 Å². The van der Waals surface area contributed by atoms with Crippen LogP contribution < -0.4 is 5.32 Å². The number of carbonyl (C=O) groups is 1. The fourth-order valence-corrected chi connectivity index (χ4v) is 3.38. The molecule has 0 unspecified atom stereocenters. The molecule has 0 saturated carbocycles. The topological polar surface area (TPSA) is 72.7 Å². The number of aromatic nitrogens is 4. The summed E-state index contributed by atoms with van der Waals surface area (Å²) in [6.45, 7) is 0. The average molecular weight is 391 g/mol. The van der Waals surface area contributed by atoms with Crippen LogP contribution in [0, 0.1) is 0 Å². The lowest BCUT2D eigenvalue weighted by Gasteiger charge is -2.12.